The highest BCUT2D eigenvalue weighted by Gasteiger charge is 2.23. The lowest BCUT2D eigenvalue weighted by atomic mass is 10.1. The Morgan fingerprint density at radius 3 is 2.54 bits per heavy atom. The molecule has 0 bridgehead atoms. The summed E-state index contributed by atoms with van der Waals surface area (Å²) in [6.07, 6.45) is 1.44. The highest BCUT2D eigenvalue weighted by atomic mass is 16.6. The molecule has 6 nitrogen and oxygen atoms in total. The van der Waals surface area contributed by atoms with Crippen molar-refractivity contribution in [2.75, 3.05) is 33.3 Å². The lowest BCUT2D eigenvalue weighted by Gasteiger charge is -2.32. The maximum Gasteiger partial charge on any atom is 0.409 e. The van der Waals surface area contributed by atoms with Gasteiger partial charge in [-0.15, -0.1) is 0 Å². The van der Waals surface area contributed by atoms with Gasteiger partial charge >= 0.3 is 6.09 Å². The Morgan fingerprint density at radius 1 is 1.25 bits per heavy atom. The summed E-state index contributed by atoms with van der Waals surface area (Å²) in [6.45, 7) is 4.49. The Hall–Kier alpha value is -2.08. The van der Waals surface area contributed by atoms with Crippen LogP contribution in [0.4, 0.5) is 4.79 Å². The van der Waals surface area contributed by atoms with Gasteiger partial charge in [-0.05, 0) is 25.3 Å². The molecule has 1 N–H and O–H groups in total. The van der Waals surface area contributed by atoms with Crippen LogP contribution in [0, 0.1) is 0 Å². The maximum atomic E-state index is 12.2. The molecule has 1 fully saturated rings. The first-order valence-corrected chi connectivity index (χ1v) is 8.53. The Morgan fingerprint density at radius 2 is 1.92 bits per heavy atom. The van der Waals surface area contributed by atoms with Crippen molar-refractivity contribution in [2.45, 2.75) is 32.4 Å². The molecule has 0 atom stereocenters. The summed E-state index contributed by atoms with van der Waals surface area (Å²) in [5.41, 5.74) is 1.12. The summed E-state index contributed by atoms with van der Waals surface area (Å²) >= 11 is 0. The van der Waals surface area contributed by atoms with E-state index in [0.717, 1.165) is 18.4 Å². The van der Waals surface area contributed by atoms with Gasteiger partial charge in [-0.25, -0.2) is 4.79 Å². The molecule has 1 aromatic rings. The summed E-state index contributed by atoms with van der Waals surface area (Å²) < 4.78 is 5.01. The average Bonchev–Trinajstić information content (AvgIpc) is 2.61. The van der Waals surface area contributed by atoms with Crippen LogP contribution in [0.3, 0.4) is 0 Å². The van der Waals surface area contributed by atoms with Gasteiger partial charge in [0, 0.05) is 32.7 Å². The quantitative estimate of drug-likeness (QED) is 0.863. The second kappa shape index (κ2) is 9.27. The fraction of sp³-hybridized carbons (Fsp3) is 0.556. The third-order valence-electron chi connectivity index (χ3n) is 4.25. The van der Waals surface area contributed by atoms with Crippen LogP contribution in [0.1, 0.15) is 25.3 Å². The SMILES string of the molecule is CCOC(=O)N1CCC(NCC(=O)N(C)Cc2ccccc2)CC1. The molecule has 1 aliphatic heterocycles. The number of likely N-dealkylation sites (N-methyl/N-ethyl adjacent to an activating group) is 1. The van der Waals surface area contributed by atoms with E-state index < -0.39 is 0 Å². The smallest absolute Gasteiger partial charge is 0.409 e. The number of rotatable bonds is 6. The van der Waals surface area contributed by atoms with Crippen LogP contribution in [-0.2, 0) is 16.1 Å². The zero-order valence-corrected chi connectivity index (χ0v) is 14.5. The van der Waals surface area contributed by atoms with Crippen molar-refractivity contribution >= 4 is 12.0 Å². The number of ether oxygens (including phenoxy) is 1. The van der Waals surface area contributed by atoms with Crippen molar-refractivity contribution in [3.8, 4) is 0 Å². The van der Waals surface area contributed by atoms with E-state index in [-0.39, 0.29) is 18.0 Å². The minimum Gasteiger partial charge on any atom is -0.450 e. The Labute approximate surface area is 143 Å². The molecule has 0 spiro atoms. The van der Waals surface area contributed by atoms with Crippen molar-refractivity contribution in [3.63, 3.8) is 0 Å². The third-order valence-corrected chi connectivity index (χ3v) is 4.25. The molecular formula is C18H27N3O3. The van der Waals surface area contributed by atoms with Gasteiger partial charge in [0.05, 0.1) is 13.2 Å². The lowest BCUT2D eigenvalue weighted by molar-refractivity contribution is -0.129. The molecule has 1 heterocycles. The highest BCUT2D eigenvalue weighted by Crippen LogP contribution is 2.11. The van der Waals surface area contributed by atoms with Gasteiger partial charge < -0.3 is 19.9 Å². The lowest BCUT2D eigenvalue weighted by Crippen LogP contribution is -2.47. The van der Waals surface area contributed by atoms with Crippen LogP contribution >= 0.6 is 0 Å². The van der Waals surface area contributed by atoms with E-state index >= 15 is 0 Å². The van der Waals surface area contributed by atoms with Crippen molar-refractivity contribution < 1.29 is 14.3 Å². The number of benzene rings is 1. The van der Waals surface area contributed by atoms with Crippen LogP contribution in [0.2, 0.25) is 0 Å². The fourth-order valence-corrected chi connectivity index (χ4v) is 2.79. The molecule has 1 saturated heterocycles. The molecule has 24 heavy (non-hydrogen) atoms. The van der Waals surface area contributed by atoms with Gasteiger partial charge in [0.25, 0.3) is 0 Å². The van der Waals surface area contributed by atoms with Gasteiger partial charge in [-0.3, -0.25) is 4.79 Å². The number of hydrogen-bond acceptors (Lipinski definition) is 4. The van der Waals surface area contributed by atoms with Gasteiger partial charge in [-0.2, -0.15) is 0 Å². The number of carbonyl (C=O) groups excluding carboxylic acids is 2. The first-order valence-electron chi connectivity index (χ1n) is 8.53. The molecule has 6 heteroatoms. The average molecular weight is 333 g/mol. The number of carbonyl (C=O) groups is 2. The summed E-state index contributed by atoms with van der Waals surface area (Å²) in [6, 6.07) is 10.2. The van der Waals surface area contributed by atoms with E-state index in [9.17, 15) is 9.59 Å². The molecule has 0 aliphatic carbocycles. The third kappa shape index (κ3) is 5.53. The van der Waals surface area contributed by atoms with E-state index in [1.165, 1.54) is 0 Å². The van der Waals surface area contributed by atoms with Crippen LogP contribution in [0.5, 0.6) is 0 Å². The van der Waals surface area contributed by atoms with Gasteiger partial charge in [0.15, 0.2) is 0 Å². The Bertz CT molecular complexity index is 528. The standard InChI is InChI=1S/C18H27N3O3/c1-3-24-18(23)21-11-9-16(10-12-21)19-13-17(22)20(2)14-15-7-5-4-6-8-15/h4-8,16,19H,3,9-14H2,1-2H3. The van der Waals surface area contributed by atoms with Crippen molar-refractivity contribution in [3.05, 3.63) is 35.9 Å². The van der Waals surface area contributed by atoms with E-state index in [1.807, 2.05) is 44.3 Å². The van der Waals surface area contributed by atoms with E-state index in [1.54, 1.807) is 9.80 Å². The molecule has 1 aromatic carbocycles. The molecule has 0 saturated carbocycles. The molecular weight excluding hydrogens is 306 g/mol. The topological polar surface area (TPSA) is 61.9 Å². The number of likely N-dealkylation sites (tertiary alicyclic amines) is 1. The minimum atomic E-state index is -0.241. The van der Waals surface area contributed by atoms with E-state index in [0.29, 0.717) is 32.8 Å². The van der Waals surface area contributed by atoms with Crippen molar-refractivity contribution in [1.82, 2.24) is 15.1 Å². The first-order chi connectivity index (χ1) is 11.6. The first kappa shape index (κ1) is 18.3. The molecule has 0 unspecified atom stereocenters. The molecule has 132 valence electrons. The van der Waals surface area contributed by atoms with Crippen LogP contribution in [0.15, 0.2) is 30.3 Å². The van der Waals surface area contributed by atoms with Gasteiger partial charge in [0.1, 0.15) is 0 Å². The van der Waals surface area contributed by atoms with Gasteiger partial charge in [-0.1, -0.05) is 30.3 Å². The number of hydrogen-bond donors (Lipinski definition) is 1. The molecule has 0 radical (unpaired) electrons. The van der Waals surface area contributed by atoms with Crippen molar-refractivity contribution in [1.29, 1.82) is 0 Å². The summed E-state index contributed by atoms with van der Waals surface area (Å²) in [4.78, 5) is 27.3. The van der Waals surface area contributed by atoms with E-state index in [2.05, 4.69) is 5.32 Å². The second-order valence-electron chi connectivity index (χ2n) is 6.08. The Balaban J connectivity index is 1.68. The van der Waals surface area contributed by atoms with Crippen molar-refractivity contribution in [2.24, 2.45) is 0 Å². The number of nitrogens with zero attached hydrogens (tertiary/aromatic N) is 2. The molecule has 0 aromatic heterocycles. The van der Waals surface area contributed by atoms with Gasteiger partial charge in [0.2, 0.25) is 5.91 Å². The summed E-state index contributed by atoms with van der Waals surface area (Å²) in [5, 5.41) is 3.31. The fourth-order valence-electron chi connectivity index (χ4n) is 2.79. The Kier molecular flexibility index (Phi) is 7.06. The molecule has 2 amide bonds. The predicted molar refractivity (Wildman–Crippen MR) is 92.5 cm³/mol. The molecule has 1 aliphatic rings. The maximum absolute atomic E-state index is 12.2. The predicted octanol–water partition coefficient (Wildman–Crippen LogP) is 1.86. The normalized spacial score (nSPS) is 15.2. The van der Waals surface area contributed by atoms with Crippen LogP contribution < -0.4 is 5.32 Å². The van der Waals surface area contributed by atoms with E-state index in [4.69, 9.17) is 4.74 Å². The number of amides is 2. The monoisotopic (exact) mass is 333 g/mol. The summed E-state index contributed by atoms with van der Waals surface area (Å²) in [7, 11) is 1.82. The summed E-state index contributed by atoms with van der Waals surface area (Å²) in [5.74, 6) is 0.0756. The minimum absolute atomic E-state index is 0.0756. The number of piperidine rings is 1. The zero-order valence-electron chi connectivity index (χ0n) is 14.5. The second-order valence-corrected chi connectivity index (χ2v) is 6.08. The number of nitrogens with one attached hydrogen (secondary N) is 1. The highest BCUT2D eigenvalue weighted by molar-refractivity contribution is 5.78. The largest absolute Gasteiger partial charge is 0.450 e. The van der Waals surface area contributed by atoms with Crippen LogP contribution in [0.25, 0.3) is 0 Å². The zero-order chi connectivity index (χ0) is 17.4. The molecule has 2 rings (SSSR count). The van der Waals surface area contributed by atoms with Crippen LogP contribution in [-0.4, -0.2) is 61.1 Å².